The number of hydrogen-bond acceptors (Lipinski definition) is 3. The zero-order valence-electron chi connectivity index (χ0n) is 10.5. The molecule has 2 amide bonds. The van der Waals surface area contributed by atoms with Crippen LogP contribution in [0.4, 0.5) is 0 Å². The molecule has 2 aliphatic heterocycles. The second-order valence-electron chi connectivity index (χ2n) is 4.87. The summed E-state index contributed by atoms with van der Waals surface area (Å²) in [5.74, 6) is 0.384. The zero-order valence-corrected chi connectivity index (χ0v) is 10.5. The van der Waals surface area contributed by atoms with Gasteiger partial charge < -0.3 is 9.80 Å². The van der Waals surface area contributed by atoms with Gasteiger partial charge in [-0.1, -0.05) is 0 Å². The fourth-order valence-electron chi connectivity index (χ4n) is 2.48. The molecule has 2 rings (SSSR count). The first-order chi connectivity index (χ1) is 8.16. The predicted octanol–water partition coefficient (Wildman–Crippen LogP) is -0.227. The van der Waals surface area contributed by atoms with Gasteiger partial charge >= 0.3 is 0 Å². The van der Waals surface area contributed by atoms with Gasteiger partial charge in [-0.2, -0.15) is 0 Å². The van der Waals surface area contributed by atoms with Crippen LogP contribution in [-0.4, -0.2) is 72.3 Å². The molecule has 0 aliphatic carbocycles. The van der Waals surface area contributed by atoms with Gasteiger partial charge in [0.25, 0.3) is 0 Å². The van der Waals surface area contributed by atoms with E-state index in [1.54, 1.807) is 6.92 Å². The molecule has 2 fully saturated rings. The van der Waals surface area contributed by atoms with Crippen molar-refractivity contribution in [3.8, 4) is 0 Å². The summed E-state index contributed by atoms with van der Waals surface area (Å²) in [5.41, 5.74) is 0. The molecule has 0 spiro atoms. The predicted molar refractivity (Wildman–Crippen MR) is 64.5 cm³/mol. The van der Waals surface area contributed by atoms with Crippen LogP contribution in [0.25, 0.3) is 0 Å². The lowest BCUT2D eigenvalue weighted by atomic mass is 10.3. The average Bonchev–Trinajstić information content (AvgIpc) is 2.83. The van der Waals surface area contributed by atoms with Crippen molar-refractivity contribution in [2.45, 2.75) is 19.8 Å². The van der Waals surface area contributed by atoms with Crippen LogP contribution < -0.4 is 0 Å². The second kappa shape index (κ2) is 5.49. The van der Waals surface area contributed by atoms with Crippen LogP contribution in [0.3, 0.4) is 0 Å². The summed E-state index contributed by atoms with van der Waals surface area (Å²) in [5, 5.41) is 0. The fraction of sp³-hybridized carbons (Fsp3) is 0.833. The third kappa shape index (κ3) is 3.19. The Balaban J connectivity index is 1.74. The van der Waals surface area contributed by atoms with Crippen molar-refractivity contribution in [2.75, 3.05) is 45.8 Å². The first-order valence-electron chi connectivity index (χ1n) is 6.42. The number of amides is 2. The van der Waals surface area contributed by atoms with Crippen LogP contribution >= 0.6 is 0 Å². The second-order valence-corrected chi connectivity index (χ2v) is 4.87. The minimum absolute atomic E-state index is 0.135. The summed E-state index contributed by atoms with van der Waals surface area (Å²) >= 11 is 0. The molecule has 2 aliphatic rings. The Kier molecular flexibility index (Phi) is 3.99. The highest BCUT2D eigenvalue weighted by molar-refractivity contribution is 5.78. The minimum atomic E-state index is 0.135. The van der Waals surface area contributed by atoms with Gasteiger partial charge in [-0.15, -0.1) is 0 Å². The summed E-state index contributed by atoms with van der Waals surface area (Å²) in [7, 11) is 0. The van der Waals surface area contributed by atoms with Crippen LogP contribution in [0.5, 0.6) is 0 Å². The fourth-order valence-corrected chi connectivity index (χ4v) is 2.48. The summed E-state index contributed by atoms with van der Waals surface area (Å²) in [4.78, 5) is 29.1. The van der Waals surface area contributed by atoms with E-state index in [1.807, 2.05) is 9.80 Å². The Morgan fingerprint density at radius 3 is 2.00 bits per heavy atom. The average molecular weight is 239 g/mol. The van der Waals surface area contributed by atoms with E-state index < -0.39 is 0 Å². The van der Waals surface area contributed by atoms with E-state index in [0.29, 0.717) is 6.54 Å². The van der Waals surface area contributed by atoms with E-state index in [1.165, 1.54) is 0 Å². The van der Waals surface area contributed by atoms with Gasteiger partial charge in [0, 0.05) is 46.2 Å². The topological polar surface area (TPSA) is 43.9 Å². The maximum Gasteiger partial charge on any atom is 0.236 e. The molecule has 17 heavy (non-hydrogen) atoms. The van der Waals surface area contributed by atoms with E-state index in [4.69, 9.17) is 0 Å². The van der Waals surface area contributed by atoms with E-state index in [0.717, 1.165) is 52.1 Å². The standard InChI is InChI=1S/C12H21N3O2/c1-11(16)14-8-6-13(7-9-14)10-12(17)15-4-2-3-5-15/h2-10H2,1H3. The van der Waals surface area contributed by atoms with Crippen LogP contribution in [0.2, 0.25) is 0 Å². The van der Waals surface area contributed by atoms with Crippen molar-refractivity contribution in [2.24, 2.45) is 0 Å². The molecule has 0 saturated carbocycles. The number of rotatable bonds is 2. The summed E-state index contributed by atoms with van der Waals surface area (Å²) in [6.07, 6.45) is 2.29. The summed E-state index contributed by atoms with van der Waals surface area (Å²) in [6, 6.07) is 0. The van der Waals surface area contributed by atoms with Crippen LogP contribution in [0.1, 0.15) is 19.8 Å². The molecular formula is C12H21N3O2. The molecule has 5 nitrogen and oxygen atoms in total. The first kappa shape index (κ1) is 12.4. The molecular weight excluding hydrogens is 218 g/mol. The lowest BCUT2D eigenvalue weighted by molar-refractivity contribution is -0.133. The highest BCUT2D eigenvalue weighted by Gasteiger charge is 2.23. The molecule has 0 radical (unpaired) electrons. The van der Waals surface area contributed by atoms with Crippen molar-refractivity contribution >= 4 is 11.8 Å². The number of carbonyl (C=O) groups is 2. The maximum atomic E-state index is 11.9. The van der Waals surface area contributed by atoms with Crippen molar-refractivity contribution in [3.63, 3.8) is 0 Å². The molecule has 2 saturated heterocycles. The van der Waals surface area contributed by atoms with Crippen LogP contribution in [0, 0.1) is 0 Å². The number of nitrogens with zero attached hydrogens (tertiary/aromatic N) is 3. The molecule has 0 atom stereocenters. The Bertz CT molecular complexity index is 292. The SMILES string of the molecule is CC(=O)N1CCN(CC(=O)N2CCCC2)CC1. The lowest BCUT2D eigenvalue weighted by Gasteiger charge is -2.34. The number of piperazine rings is 1. The van der Waals surface area contributed by atoms with Gasteiger partial charge in [0.1, 0.15) is 0 Å². The van der Waals surface area contributed by atoms with E-state index >= 15 is 0 Å². The van der Waals surface area contributed by atoms with Crippen molar-refractivity contribution in [3.05, 3.63) is 0 Å². The highest BCUT2D eigenvalue weighted by atomic mass is 16.2. The minimum Gasteiger partial charge on any atom is -0.342 e. The normalized spacial score (nSPS) is 21.9. The van der Waals surface area contributed by atoms with Gasteiger partial charge in [0.15, 0.2) is 0 Å². The molecule has 0 aromatic carbocycles. The maximum absolute atomic E-state index is 11.9. The van der Waals surface area contributed by atoms with Gasteiger partial charge in [-0.05, 0) is 12.8 Å². The Hall–Kier alpha value is -1.10. The molecule has 0 aromatic rings. The largest absolute Gasteiger partial charge is 0.342 e. The molecule has 5 heteroatoms. The Morgan fingerprint density at radius 2 is 1.47 bits per heavy atom. The van der Waals surface area contributed by atoms with Gasteiger partial charge in [0.2, 0.25) is 11.8 Å². The Labute approximate surface area is 102 Å². The molecule has 0 aromatic heterocycles. The number of hydrogen-bond donors (Lipinski definition) is 0. The van der Waals surface area contributed by atoms with Crippen LogP contribution in [-0.2, 0) is 9.59 Å². The third-order valence-electron chi connectivity index (χ3n) is 3.64. The Morgan fingerprint density at radius 1 is 0.882 bits per heavy atom. The molecule has 0 N–H and O–H groups in total. The number of likely N-dealkylation sites (tertiary alicyclic amines) is 1. The van der Waals surface area contributed by atoms with Gasteiger partial charge in [0.05, 0.1) is 6.54 Å². The third-order valence-corrected chi connectivity index (χ3v) is 3.64. The molecule has 0 unspecified atom stereocenters. The summed E-state index contributed by atoms with van der Waals surface area (Å²) in [6.45, 7) is 7.11. The van der Waals surface area contributed by atoms with Gasteiger partial charge in [-0.25, -0.2) is 0 Å². The van der Waals surface area contributed by atoms with Crippen molar-refractivity contribution in [1.29, 1.82) is 0 Å². The summed E-state index contributed by atoms with van der Waals surface area (Å²) < 4.78 is 0. The quantitative estimate of drug-likeness (QED) is 0.669. The van der Waals surface area contributed by atoms with E-state index in [-0.39, 0.29) is 11.8 Å². The van der Waals surface area contributed by atoms with Crippen molar-refractivity contribution < 1.29 is 9.59 Å². The molecule has 0 bridgehead atoms. The monoisotopic (exact) mass is 239 g/mol. The number of carbonyl (C=O) groups excluding carboxylic acids is 2. The first-order valence-corrected chi connectivity index (χ1v) is 6.42. The molecule has 96 valence electrons. The van der Waals surface area contributed by atoms with E-state index in [2.05, 4.69) is 4.90 Å². The van der Waals surface area contributed by atoms with Gasteiger partial charge in [-0.3, -0.25) is 14.5 Å². The van der Waals surface area contributed by atoms with E-state index in [9.17, 15) is 9.59 Å². The van der Waals surface area contributed by atoms with Crippen LogP contribution in [0.15, 0.2) is 0 Å². The lowest BCUT2D eigenvalue weighted by Crippen LogP contribution is -2.50. The van der Waals surface area contributed by atoms with Crippen molar-refractivity contribution in [1.82, 2.24) is 14.7 Å². The molecule has 2 heterocycles. The smallest absolute Gasteiger partial charge is 0.236 e. The highest BCUT2D eigenvalue weighted by Crippen LogP contribution is 2.09. The zero-order chi connectivity index (χ0) is 12.3.